The molecule has 458 valence electrons. The van der Waals surface area contributed by atoms with Crippen molar-refractivity contribution >= 4 is 59.5 Å². The second-order valence-electron chi connectivity index (χ2n) is 22.6. The van der Waals surface area contributed by atoms with Crippen LogP contribution in [0, 0.1) is 17.8 Å². The van der Waals surface area contributed by atoms with Crippen LogP contribution in [0.25, 0.3) is 0 Å². The standard InChI is InChI=1S/C57H84ClN5O19/c1-34-15-14-18-44(75-9)57(73)32-43(79-53(70)59-57)35(2)51-56(4,82-51)45(31-39(64)30-38-28-37(27-34)29-42(74-8)50(38)58)81-52(69)36(3)62(7)46(65)21-25-77-54(71)60(5)22-23-61(6)55(72)80-41-17-13-11-10-12-16-40(41)78-33-49(68)76-26-24-63-47(66)19-20-48(63)67/h13,17,19-20,29,34-36,38-41,43-45,51,64,73H,10-12,14-16,18,21-28,30-33H2,1-9H3,(H,59,70)/b17-13+/t34?,35-,36+,38?,39?,40?,41?,43+,44-,45+,51+,56+,57+/m1/s1. The number of amides is 6. The van der Waals surface area contributed by atoms with Gasteiger partial charge in [-0.25, -0.2) is 24.0 Å². The molecule has 25 heteroatoms. The Bertz CT molecular complexity index is 2420. The number of nitrogens with one attached hydrogen (secondary N) is 1. The molecule has 0 spiro atoms. The van der Waals surface area contributed by atoms with Crippen LogP contribution in [0.3, 0.4) is 0 Å². The number of likely N-dealkylation sites (N-methyl/N-ethyl adjacent to an activating group) is 3. The third kappa shape index (κ3) is 17.4. The summed E-state index contributed by atoms with van der Waals surface area (Å²) in [6.07, 6.45) is 5.46. The van der Waals surface area contributed by atoms with Gasteiger partial charge in [-0.1, -0.05) is 56.4 Å². The fraction of sp³-hybridized carbons (Fsp3) is 0.719. The van der Waals surface area contributed by atoms with E-state index in [-0.39, 0.29) is 70.4 Å². The summed E-state index contributed by atoms with van der Waals surface area (Å²) in [4.78, 5) is 108. The van der Waals surface area contributed by atoms with Crippen molar-refractivity contribution in [3.8, 4) is 0 Å². The van der Waals surface area contributed by atoms with E-state index in [4.69, 9.17) is 54.2 Å². The highest BCUT2D eigenvalue weighted by Gasteiger charge is 2.64. The van der Waals surface area contributed by atoms with Crippen LogP contribution in [-0.4, -0.2) is 213 Å². The van der Waals surface area contributed by atoms with E-state index < -0.39 is 121 Å². The van der Waals surface area contributed by atoms with Crippen molar-refractivity contribution in [3.63, 3.8) is 0 Å². The van der Waals surface area contributed by atoms with Crippen molar-refractivity contribution in [1.29, 1.82) is 0 Å². The number of hydrogen-bond donors (Lipinski definition) is 3. The van der Waals surface area contributed by atoms with Crippen molar-refractivity contribution in [3.05, 3.63) is 46.7 Å². The van der Waals surface area contributed by atoms with Crippen LogP contribution < -0.4 is 5.32 Å². The Morgan fingerprint density at radius 1 is 0.902 bits per heavy atom. The van der Waals surface area contributed by atoms with Gasteiger partial charge in [0.05, 0.1) is 43.4 Å². The van der Waals surface area contributed by atoms with Gasteiger partial charge in [0, 0.05) is 78.2 Å². The molecule has 3 aliphatic heterocycles. The van der Waals surface area contributed by atoms with E-state index in [2.05, 4.69) is 12.2 Å². The van der Waals surface area contributed by atoms with Crippen molar-refractivity contribution in [2.75, 3.05) is 74.8 Å². The Hall–Kier alpha value is -5.79. The van der Waals surface area contributed by atoms with Gasteiger partial charge in [-0.05, 0) is 76.9 Å². The third-order valence-electron chi connectivity index (χ3n) is 16.4. The molecule has 4 bridgehead atoms. The topological polar surface area (TPSA) is 288 Å². The lowest BCUT2D eigenvalue weighted by Crippen LogP contribution is -2.64. The predicted octanol–water partition coefficient (Wildman–Crippen LogP) is 5.01. The van der Waals surface area contributed by atoms with Crippen molar-refractivity contribution < 1.29 is 91.2 Å². The van der Waals surface area contributed by atoms with Gasteiger partial charge >= 0.3 is 30.2 Å². The number of esters is 2. The van der Waals surface area contributed by atoms with E-state index in [1.807, 2.05) is 19.1 Å². The predicted molar refractivity (Wildman–Crippen MR) is 293 cm³/mol. The second-order valence-corrected chi connectivity index (χ2v) is 23.0. The molecule has 1 saturated carbocycles. The minimum absolute atomic E-state index is 0.0150. The Balaban J connectivity index is 1.00. The highest BCUT2D eigenvalue weighted by atomic mass is 35.5. The molecular weight excluding hydrogens is 1090 g/mol. The molecule has 3 N–H and O–H groups in total. The smallest absolute Gasteiger partial charge is 0.410 e. The average molecular weight is 1180 g/mol. The molecule has 24 nitrogen and oxygen atoms in total. The van der Waals surface area contributed by atoms with Crippen LogP contribution in [0.5, 0.6) is 0 Å². The van der Waals surface area contributed by atoms with E-state index in [0.29, 0.717) is 36.5 Å². The number of nitrogens with zero attached hydrogens (tertiary/aromatic N) is 4. The van der Waals surface area contributed by atoms with Crippen LogP contribution in [0.15, 0.2) is 46.7 Å². The maximum atomic E-state index is 14.1. The van der Waals surface area contributed by atoms with Crippen LogP contribution in [0.4, 0.5) is 14.4 Å². The fourth-order valence-corrected chi connectivity index (χ4v) is 11.5. The van der Waals surface area contributed by atoms with Gasteiger partial charge in [0.15, 0.2) is 5.72 Å². The van der Waals surface area contributed by atoms with Gasteiger partial charge in [0.2, 0.25) is 5.91 Å². The number of methoxy groups -OCH3 is 2. The summed E-state index contributed by atoms with van der Waals surface area (Å²) in [5.74, 6) is -3.14. The number of halogens is 1. The number of allylic oxidation sites excluding steroid dienone is 4. The maximum Gasteiger partial charge on any atom is 0.410 e. The zero-order chi connectivity index (χ0) is 60.1. The lowest BCUT2D eigenvalue weighted by atomic mass is 9.81. The summed E-state index contributed by atoms with van der Waals surface area (Å²) >= 11 is 6.90. The summed E-state index contributed by atoms with van der Waals surface area (Å²) in [6, 6.07) is -1.15. The lowest BCUT2D eigenvalue weighted by molar-refractivity contribution is -0.163. The molecule has 13 atom stereocenters. The molecule has 2 saturated heterocycles. The molecule has 6 amide bonds. The lowest BCUT2D eigenvalue weighted by Gasteiger charge is -2.43. The molecule has 0 aromatic rings. The number of alkyl carbamates (subject to hydrolysis) is 1. The summed E-state index contributed by atoms with van der Waals surface area (Å²) < 4.78 is 52.0. The minimum Gasteiger partial charge on any atom is -0.496 e. The summed E-state index contributed by atoms with van der Waals surface area (Å²) in [5.41, 5.74) is -1.86. The monoisotopic (exact) mass is 1180 g/mol. The number of epoxide rings is 1. The number of ether oxygens (including phenoxy) is 9. The van der Waals surface area contributed by atoms with E-state index in [9.17, 15) is 48.6 Å². The van der Waals surface area contributed by atoms with Gasteiger partial charge in [-0.3, -0.25) is 24.6 Å². The van der Waals surface area contributed by atoms with E-state index in [1.54, 1.807) is 20.1 Å². The average Bonchev–Trinajstić information content (AvgIpc) is 4.25. The fourth-order valence-electron chi connectivity index (χ4n) is 11.2. The zero-order valence-corrected chi connectivity index (χ0v) is 49.4. The first-order chi connectivity index (χ1) is 38.9. The largest absolute Gasteiger partial charge is 0.496 e. The highest BCUT2D eigenvalue weighted by molar-refractivity contribution is 6.30. The Kier molecular flexibility index (Phi) is 23.6. The van der Waals surface area contributed by atoms with Crippen molar-refractivity contribution in [2.24, 2.45) is 17.8 Å². The van der Waals surface area contributed by atoms with Gasteiger partial charge < -0.3 is 67.5 Å². The number of aliphatic hydroxyl groups excluding tert-OH is 1. The van der Waals surface area contributed by atoms with Crippen molar-refractivity contribution in [2.45, 2.75) is 171 Å². The molecule has 6 rings (SSSR count). The molecule has 3 heterocycles. The quantitative estimate of drug-likeness (QED) is 0.0534. The summed E-state index contributed by atoms with van der Waals surface area (Å²) in [6.45, 7) is 6.11. The molecule has 6 aliphatic rings. The molecule has 3 aliphatic carbocycles. The number of imide groups is 1. The van der Waals surface area contributed by atoms with Gasteiger partial charge in [0.25, 0.3) is 11.8 Å². The summed E-state index contributed by atoms with van der Waals surface area (Å²) in [7, 11) is 7.39. The normalized spacial score (nSPS) is 31.3. The van der Waals surface area contributed by atoms with Gasteiger partial charge in [-0.2, -0.15) is 0 Å². The molecule has 0 aromatic heterocycles. The van der Waals surface area contributed by atoms with Crippen LogP contribution in [-0.2, 0) is 66.6 Å². The number of aliphatic hydroxyl groups is 2. The summed E-state index contributed by atoms with van der Waals surface area (Å²) in [5, 5.41) is 26.8. The minimum atomic E-state index is -1.75. The van der Waals surface area contributed by atoms with E-state index in [1.165, 1.54) is 49.9 Å². The third-order valence-corrected chi connectivity index (χ3v) is 16.9. The number of fused-ring (bicyclic) bond motifs is 5. The molecule has 82 heavy (non-hydrogen) atoms. The zero-order valence-electron chi connectivity index (χ0n) is 48.7. The highest BCUT2D eigenvalue weighted by Crippen LogP contribution is 2.50. The number of carbonyl (C=O) groups excluding carboxylic acids is 8. The second kappa shape index (κ2) is 29.6. The first-order valence-electron chi connectivity index (χ1n) is 28.3. The SMILES string of the molecule is COC1=C(Cl)C2CC(=C1)CC(C)CCC[C@@H](OC)[C@@]1(O)C[C@H](OC(=O)N1)[C@@H](C)[C@@H]1O[C@@]1(C)[C@@H](OC(=O)[C@H](C)N(C)C(=O)CCOC(=O)N(C)CCN(C)C(=O)OC1/C=C/CCCCC1OCC(=O)OCCN1C(=O)C=CC1=O)CC(O)C2. The molecule has 5 unspecified atom stereocenters. The molecule has 3 fully saturated rings. The Labute approximate surface area is 484 Å². The van der Waals surface area contributed by atoms with Crippen LogP contribution >= 0.6 is 11.6 Å². The van der Waals surface area contributed by atoms with Crippen molar-refractivity contribution in [1.82, 2.24) is 24.9 Å². The maximum absolute atomic E-state index is 14.1. The van der Waals surface area contributed by atoms with Crippen LogP contribution in [0.2, 0.25) is 0 Å². The Morgan fingerprint density at radius 2 is 1.61 bits per heavy atom. The van der Waals surface area contributed by atoms with Gasteiger partial charge in [-0.15, -0.1) is 0 Å². The molecule has 0 aromatic carbocycles. The number of carbonyl (C=O) groups is 8. The van der Waals surface area contributed by atoms with E-state index >= 15 is 0 Å². The number of rotatable bonds is 18. The first-order valence-corrected chi connectivity index (χ1v) is 28.7. The Morgan fingerprint density at radius 3 is 2.30 bits per heavy atom. The van der Waals surface area contributed by atoms with Crippen LogP contribution in [0.1, 0.15) is 111 Å². The van der Waals surface area contributed by atoms with Gasteiger partial charge in [0.1, 0.15) is 61.6 Å². The first kappa shape index (κ1) is 65.4. The molecular formula is C57H84ClN5O19. The molecule has 0 radical (unpaired) electrons. The van der Waals surface area contributed by atoms with E-state index in [0.717, 1.165) is 54.7 Å². The number of hydrogen-bond acceptors (Lipinski definition) is 19.